The van der Waals surface area contributed by atoms with Crippen LogP contribution in [0.2, 0.25) is 0 Å². The number of methoxy groups -OCH3 is 1. The van der Waals surface area contributed by atoms with Crippen molar-refractivity contribution in [3.05, 3.63) is 6.33 Å². The normalized spacial score (nSPS) is 12.6. The Hall–Kier alpha value is -1.93. The van der Waals surface area contributed by atoms with Crippen molar-refractivity contribution in [3.8, 4) is 0 Å². The molecule has 0 saturated heterocycles. The van der Waals surface area contributed by atoms with E-state index in [1.807, 2.05) is 18.9 Å². The maximum absolute atomic E-state index is 9.82. The number of imidazole rings is 1. The van der Waals surface area contributed by atoms with Crippen LogP contribution in [0.25, 0.3) is 11.2 Å². The Morgan fingerprint density at radius 2 is 2.30 bits per heavy atom. The Kier molecular flexibility index (Phi) is 4.70. The molecule has 0 amide bonds. The highest BCUT2D eigenvalue weighted by atomic mass is 16.5. The van der Waals surface area contributed by atoms with E-state index in [4.69, 9.17) is 4.74 Å². The van der Waals surface area contributed by atoms with Gasteiger partial charge in [0, 0.05) is 27.2 Å². The molecule has 8 heteroatoms. The maximum atomic E-state index is 9.82. The topological polar surface area (TPSA) is 99.2 Å². The molecule has 0 radical (unpaired) electrons. The first kappa shape index (κ1) is 14.5. The number of hydrogen-bond donors (Lipinski definition) is 3. The fraction of sp³-hybridized carbons (Fsp3) is 0.583. The molecule has 8 nitrogen and oxygen atoms in total. The number of likely N-dealkylation sites (N-methyl/N-ethyl adjacent to an activating group) is 1. The largest absolute Gasteiger partial charge is 0.389 e. The lowest BCUT2D eigenvalue weighted by Crippen LogP contribution is -2.32. The number of aliphatic hydroxyl groups is 1. The smallest absolute Gasteiger partial charge is 0.226 e. The average molecular weight is 280 g/mol. The quantitative estimate of drug-likeness (QED) is 0.667. The number of rotatable bonds is 7. The van der Waals surface area contributed by atoms with Gasteiger partial charge in [0.2, 0.25) is 5.95 Å². The van der Waals surface area contributed by atoms with Gasteiger partial charge in [0.05, 0.1) is 19.0 Å². The number of fused-ring (bicyclic) bond motifs is 1. The van der Waals surface area contributed by atoms with Crippen LogP contribution in [-0.4, -0.2) is 65.0 Å². The predicted octanol–water partition coefficient (Wildman–Crippen LogP) is 0.228. The molecule has 0 saturated carbocycles. The highest BCUT2D eigenvalue weighted by Crippen LogP contribution is 2.21. The molecule has 110 valence electrons. The van der Waals surface area contributed by atoms with E-state index in [1.54, 1.807) is 13.4 Å². The zero-order chi connectivity index (χ0) is 14.5. The van der Waals surface area contributed by atoms with Crippen LogP contribution in [0.1, 0.15) is 6.92 Å². The van der Waals surface area contributed by atoms with Crippen LogP contribution >= 0.6 is 0 Å². The van der Waals surface area contributed by atoms with Gasteiger partial charge in [0.25, 0.3) is 0 Å². The maximum Gasteiger partial charge on any atom is 0.226 e. The fourth-order valence-electron chi connectivity index (χ4n) is 1.98. The minimum atomic E-state index is -0.583. The summed E-state index contributed by atoms with van der Waals surface area (Å²) in [6.45, 7) is 3.39. The molecule has 2 aromatic heterocycles. The molecule has 0 fully saturated rings. The van der Waals surface area contributed by atoms with Gasteiger partial charge in [-0.05, 0) is 6.92 Å². The van der Waals surface area contributed by atoms with Crippen LogP contribution in [0, 0.1) is 0 Å². The Morgan fingerprint density at radius 3 is 3.00 bits per heavy atom. The summed E-state index contributed by atoms with van der Waals surface area (Å²) in [5.74, 6) is 1.22. The fourth-order valence-corrected chi connectivity index (χ4v) is 1.98. The molecular formula is C12H20N6O2. The molecular weight excluding hydrogens is 260 g/mol. The number of nitrogens with one attached hydrogen (secondary N) is 2. The van der Waals surface area contributed by atoms with Crippen molar-refractivity contribution < 1.29 is 9.84 Å². The number of aromatic nitrogens is 4. The summed E-state index contributed by atoms with van der Waals surface area (Å²) in [7, 11) is 3.42. The van der Waals surface area contributed by atoms with Crippen LogP contribution in [0.4, 0.5) is 11.8 Å². The van der Waals surface area contributed by atoms with E-state index in [0.717, 1.165) is 12.1 Å². The second kappa shape index (κ2) is 6.49. The first-order chi connectivity index (χ1) is 9.65. The van der Waals surface area contributed by atoms with Crippen LogP contribution in [0.15, 0.2) is 6.33 Å². The third kappa shape index (κ3) is 3.14. The molecule has 0 aliphatic carbocycles. The third-order valence-electron chi connectivity index (χ3n) is 2.81. The first-order valence-corrected chi connectivity index (χ1v) is 6.48. The molecule has 1 atom stereocenters. The highest BCUT2D eigenvalue weighted by Gasteiger charge is 2.16. The van der Waals surface area contributed by atoms with E-state index in [1.165, 1.54) is 0 Å². The lowest BCUT2D eigenvalue weighted by molar-refractivity contribution is 0.0694. The zero-order valence-corrected chi connectivity index (χ0v) is 11.9. The molecule has 2 heterocycles. The zero-order valence-electron chi connectivity index (χ0n) is 11.9. The van der Waals surface area contributed by atoms with Gasteiger partial charge >= 0.3 is 0 Å². The van der Waals surface area contributed by atoms with E-state index < -0.39 is 6.10 Å². The van der Waals surface area contributed by atoms with Crippen molar-refractivity contribution in [2.75, 3.05) is 44.1 Å². The number of ether oxygens (including phenoxy) is 1. The molecule has 0 spiro atoms. The summed E-state index contributed by atoms with van der Waals surface area (Å²) in [6.07, 6.45) is 0.998. The van der Waals surface area contributed by atoms with Crippen LogP contribution in [-0.2, 0) is 4.74 Å². The Labute approximate surface area is 117 Å². The van der Waals surface area contributed by atoms with Gasteiger partial charge in [0.15, 0.2) is 11.5 Å². The van der Waals surface area contributed by atoms with E-state index in [9.17, 15) is 5.11 Å². The van der Waals surface area contributed by atoms with Gasteiger partial charge in [-0.15, -0.1) is 0 Å². The number of anilines is 2. The summed E-state index contributed by atoms with van der Waals surface area (Å²) in [6, 6.07) is 0. The van der Waals surface area contributed by atoms with Crippen LogP contribution in [0.5, 0.6) is 0 Å². The average Bonchev–Trinajstić information content (AvgIpc) is 2.86. The molecule has 0 aromatic carbocycles. The van der Waals surface area contributed by atoms with Gasteiger partial charge < -0.3 is 25.0 Å². The van der Waals surface area contributed by atoms with Gasteiger partial charge in [0.1, 0.15) is 5.52 Å². The van der Waals surface area contributed by atoms with E-state index in [2.05, 4.69) is 25.3 Å². The van der Waals surface area contributed by atoms with Crippen molar-refractivity contribution in [1.82, 2.24) is 19.9 Å². The van der Waals surface area contributed by atoms with Crippen molar-refractivity contribution in [3.63, 3.8) is 0 Å². The summed E-state index contributed by atoms with van der Waals surface area (Å²) in [5.41, 5.74) is 1.35. The number of nitrogens with zero attached hydrogens (tertiary/aromatic N) is 4. The van der Waals surface area contributed by atoms with Crippen molar-refractivity contribution in [2.45, 2.75) is 13.0 Å². The molecule has 2 rings (SSSR count). The molecule has 0 aliphatic rings. The number of aliphatic hydroxyl groups excluding tert-OH is 1. The Bertz CT molecular complexity index is 558. The predicted molar refractivity (Wildman–Crippen MR) is 77.0 cm³/mol. The second-order valence-corrected chi connectivity index (χ2v) is 4.49. The lowest BCUT2D eigenvalue weighted by Gasteiger charge is -2.22. The molecule has 2 aromatic rings. The number of H-pyrrole nitrogens is 1. The second-order valence-electron chi connectivity index (χ2n) is 4.49. The lowest BCUT2D eigenvalue weighted by atomic mass is 10.3. The Balaban J connectivity index is 2.28. The minimum absolute atomic E-state index is 0.279. The van der Waals surface area contributed by atoms with Gasteiger partial charge in [-0.3, -0.25) is 0 Å². The molecule has 0 bridgehead atoms. The third-order valence-corrected chi connectivity index (χ3v) is 2.81. The summed E-state index contributed by atoms with van der Waals surface area (Å²) in [4.78, 5) is 17.8. The highest BCUT2D eigenvalue weighted by molar-refractivity contribution is 5.84. The number of aromatic amines is 1. The Morgan fingerprint density at radius 1 is 1.50 bits per heavy atom. The van der Waals surface area contributed by atoms with Gasteiger partial charge in [-0.1, -0.05) is 0 Å². The van der Waals surface area contributed by atoms with Crippen LogP contribution < -0.4 is 10.2 Å². The molecule has 1 unspecified atom stereocenters. The SMILES string of the molecule is CCNc1nc(N(C)CC(O)COC)c2[nH]cnc2n1. The van der Waals surface area contributed by atoms with E-state index in [0.29, 0.717) is 24.0 Å². The van der Waals surface area contributed by atoms with Gasteiger partial charge in [-0.25, -0.2) is 4.98 Å². The monoisotopic (exact) mass is 280 g/mol. The molecule has 3 N–H and O–H groups in total. The van der Waals surface area contributed by atoms with E-state index in [-0.39, 0.29) is 6.61 Å². The minimum Gasteiger partial charge on any atom is -0.389 e. The van der Waals surface area contributed by atoms with Gasteiger partial charge in [-0.2, -0.15) is 9.97 Å². The summed E-state index contributed by atoms with van der Waals surface area (Å²) in [5, 5.41) is 12.9. The summed E-state index contributed by atoms with van der Waals surface area (Å²) >= 11 is 0. The first-order valence-electron chi connectivity index (χ1n) is 6.48. The van der Waals surface area contributed by atoms with E-state index >= 15 is 0 Å². The number of hydrogen-bond acceptors (Lipinski definition) is 7. The van der Waals surface area contributed by atoms with Crippen molar-refractivity contribution >= 4 is 22.9 Å². The molecule has 0 aliphatic heterocycles. The molecule has 20 heavy (non-hydrogen) atoms. The van der Waals surface area contributed by atoms with Crippen molar-refractivity contribution in [2.24, 2.45) is 0 Å². The van der Waals surface area contributed by atoms with Crippen LogP contribution in [0.3, 0.4) is 0 Å². The standard InChI is InChI=1S/C12H20N6O2/c1-4-13-12-16-10-9(14-7-15-10)11(17-12)18(2)5-8(19)6-20-3/h7-8,19H,4-6H2,1-3H3,(H2,13,14,15,16,17). The van der Waals surface area contributed by atoms with Crippen molar-refractivity contribution in [1.29, 1.82) is 0 Å². The summed E-state index contributed by atoms with van der Waals surface area (Å²) < 4.78 is 4.93.